The topological polar surface area (TPSA) is 36.4 Å². The second kappa shape index (κ2) is 7.98. The van der Waals surface area contributed by atoms with E-state index in [-0.39, 0.29) is 18.0 Å². The zero-order valence-electron chi connectivity index (χ0n) is 15.7. The summed E-state index contributed by atoms with van der Waals surface area (Å²) in [5.74, 6) is 0.108. The summed E-state index contributed by atoms with van der Waals surface area (Å²) in [5, 5.41) is 1.04. The van der Waals surface area contributed by atoms with Crippen molar-refractivity contribution in [1.29, 1.82) is 0 Å². The molecule has 0 aliphatic heterocycles. The Labute approximate surface area is 159 Å². The third-order valence-corrected chi connectivity index (χ3v) is 6.18. The number of carbonyl (C=O) groups excluding carboxylic acids is 1. The highest BCUT2D eigenvalue weighted by Gasteiger charge is 2.22. The first-order valence-electron chi connectivity index (χ1n) is 8.83. The molecule has 1 aromatic heterocycles. The van der Waals surface area contributed by atoms with Crippen LogP contribution in [0.1, 0.15) is 36.5 Å². The predicted molar refractivity (Wildman–Crippen MR) is 108 cm³/mol. The van der Waals surface area contributed by atoms with Gasteiger partial charge in [-0.1, -0.05) is 42.5 Å². The summed E-state index contributed by atoms with van der Waals surface area (Å²) < 4.78 is 1.18. The van der Waals surface area contributed by atoms with E-state index in [0.717, 1.165) is 16.1 Å². The van der Waals surface area contributed by atoms with Crippen molar-refractivity contribution in [3.05, 3.63) is 65.2 Å². The number of likely N-dealkylation sites (N-methyl/N-ethyl adjacent to an activating group) is 2. The maximum atomic E-state index is 12.7. The van der Waals surface area contributed by atoms with Crippen LogP contribution in [0.4, 0.5) is 0 Å². The van der Waals surface area contributed by atoms with Crippen molar-refractivity contribution in [2.75, 3.05) is 20.6 Å². The Morgan fingerprint density at radius 3 is 2.35 bits per heavy atom. The average molecular weight is 368 g/mol. The Bertz CT molecular complexity index is 844. The number of hydrogen-bond donors (Lipinski definition) is 0. The summed E-state index contributed by atoms with van der Waals surface area (Å²) in [6, 6.07) is 18.4. The zero-order valence-corrected chi connectivity index (χ0v) is 16.5. The van der Waals surface area contributed by atoms with Gasteiger partial charge < -0.3 is 4.90 Å². The Kier molecular flexibility index (Phi) is 5.69. The molecule has 0 unspecified atom stereocenters. The van der Waals surface area contributed by atoms with Crippen molar-refractivity contribution in [1.82, 2.24) is 14.8 Å². The fraction of sp³-hybridized carbons (Fsp3) is 0.333. The second-order valence-electron chi connectivity index (χ2n) is 6.70. The lowest BCUT2D eigenvalue weighted by molar-refractivity contribution is -0.133. The second-order valence-corrected chi connectivity index (χ2v) is 7.76. The largest absolute Gasteiger partial charge is 0.338 e. The highest BCUT2D eigenvalue weighted by molar-refractivity contribution is 7.18. The minimum Gasteiger partial charge on any atom is -0.338 e. The molecule has 5 heteroatoms. The first kappa shape index (κ1) is 18.5. The third-order valence-electron chi connectivity index (χ3n) is 4.97. The van der Waals surface area contributed by atoms with Crippen LogP contribution in [0.3, 0.4) is 0 Å². The molecule has 1 amide bonds. The number of thiazole rings is 1. The number of hydrogen-bond acceptors (Lipinski definition) is 4. The summed E-state index contributed by atoms with van der Waals surface area (Å²) >= 11 is 1.69. The van der Waals surface area contributed by atoms with Crippen LogP contribution in [-0.4, -0.2) is 41.3 Å². The third kappa shape index (κ3) is 3.94. The van der Waals surface area contributed by atoms with Crippen molar-refractivity contribution in [2.45, 2.75) is 25.9 Å². The van der Waals surface area contributed by atoms with Gasteiger partial charge in [0, 0.05) is 7.05 Å². The number of aromatic nitrogens is 1. The molecule has 4 nitrogen and oxygen atoms in total. The molecule has 26 heavy (non-hydrogen) atoms. The number of para-hydroxylation sites is 1. The molecule has 2 atom stereocenters. The van der Waals surface area contributed by atoms with Gasteiger partial charge >= 0.3 is 0 Å². The van der Waals surface area contributed by atoms with Crippen LogP contribution < -0.4 is 0 Å². The van der Waals surface area contributed by atoms with Crippen molar-refractivity contribution in [3.63, 3.8) is 0 Å². The van der Waals surface area contributed by atoms with E-state index < -0.39 is 0 Å². The molecule has 136 valence electrons. The summed E-state index contributed by atoms with van der Waals surface area (Å²) in [7, 11) is 3.85. The molecule has 0 aliphatic carbocycles. The van der Waals surface area contributed by atoms with Gasteiger partial charge in [0.15, 0.2) is 0 Å². The average Bonchev–Trinajstić information content (AvgIpc) is 3.10. The van der Waals surface area contributed by atoms with Gasteiger partial charge in [-0.25, -0.2) is 4.98 Å². The highest BCUT2D eigenvalue weighted by atomic mass is 32.1. The number of amides is 1. The summed E-state index contributed by atoms with van der Waals surface area (Å²) in [4.78, 5) is 21.3. The van der Waals surface area contributed by atoms with Gasteiger partial charge in [-0.3, -0.25) is 9.69 Å². The number of carbonyl (C=O) groups is 1. The van der Waals surface area contributed by atoms with E-state index in [1.165, 1.54) is 4.70 Å². The summed E-state index contributed by atoms with van der Waals surface area (Å²) in [6.07, 6.45) is 0. The monoisotopic (exact) mass is 367 g/mol. The molecule has 0 N–H and O–H groups in total. The lowest BCUT2D eigenvalue weighted by Crippen LogP contribution is -2.38. The summed E-state index contributed by atoms with van der Waals surface area (Å²) in [5.41, 5.74) is 2.17. The Morgan fingerprint density at radius 2 is 1.65 bits per heavy atom. The van der Waals surface area contributed by atoms with E-state index in [1.807, 2.05) is 55.4 Å². The molecule has 0 radical (unpaired) electrons. The Morgan fingerprint density at radius 1 is 1.00 bits per heavy atom. The SMILES string of the molecule is C[C@H](c1ccccc1)N(C)C(=O)CN(C)[C@@H](C)c1nc2ccccc2s1. The van der Waals surface area contributed by atoms with E-state index in [4.69, 9.17) is 4.98 Å². The molecule has 0 spiro atoms. The van der Waals surface area contributed by atoms with Crippen LogP contribution in [0.5, 0.6) is 0 Å². The molecule has 3 aromatic rings. The highest BCUT2D eigenvalue weighted by Crippen LogP contribution is 2.29. The lowest BCUT2D eigenvalue weighted by atomic mass is 10.1. The quantitative estimate of drug-likeness (QED) is 0.643. The van der Waals surface area contributed by atoms with E-state index in [9.17, 15) is 4.79 Å². The molecule has 0 bridgehead atoms. The van der Waals surface area contributed by atoms with Crippen molar-refractivity contribution in [3.8, 4) is 0 Å². The normalized spacial score (nSPS) is 13.7. The van der Waals surface area contributed by atoms with Gasteiger partial charge in [0.25, 0.3) is 0 Å². The maximum Gasteiger partial charge on any atom is 0.237 e. The maximum absolute atomic E-state index is 12.7. The van der Waals surface area contributed by atoms with E-state index in [2.05, 4.69) is 36.9 Å². The van der Waals surface area contributed by atoms with Gasteiger partial charge in [0.2, 0.25) is 5.91 Å². The Balaban J connectivity index is 1.66. The molecule has 2 aromatic carbocycles. The number of rotatable bonds is 6. The van der Waals surface area contributed by atoms with Crippen LogP contribution in [0.15, 0.2) is 54.6 Å². The fourth-order valence-electron chi connectivity index (χ4n) is 2.89. The molecular weight excluding hydrogens is 342 g/mol. The molecule has 0 aliphatic rings. The van der Waals surface area contributed by atoms with E-state index >= 15 is 0 Å². The van der Waals surface area contributed by atoms with Gasteiger partial charge in [-0.05, 0) is 38.6 Å². The van der Waals surface area contributed by atoms with Gasteiger partial charge in [-0.15, -0.1) is 11.3 Å². The number of fused-ring (bicyclic) bond motifs is 1. The molecule has 3 rings (SSSR count). The predicted octanol–water partition coefficient (Wildman–Crippen LogP) is 4.51. The number of benzene rings is 2. The summed E-state index contributed by atoms with van der Waals surface area (Å²) in [6.45, 7) is 4.53. The van der Waals surface area contributed by atoms with Crippen LogP contribution in [0, 0.1) is 0 Å². The van der Waals surface area contributed by atoms with Crippen molar-refractivity contribution >= 4 is 27.5 Å². The molecule has 1 heterocycles. The zero-order chi connectivity index (χ0) is 18.7. The van der Waals surface area contributed by atoms with Crippen molar-refractivity contribution in [2.24, 2.45) is 0 Å². The molecule has 0 fully saturated rings. The fourth-order valence-corrected chi connectivity index (χ4v) is 3.97. The van der Waals surface area contributed by atoms with Crippen molar-refractivity contribution < 1.29 is 4.79 Å². The first-order valence-corrected chi connectivity index (χ1v) is 9.65. The lowest BCUT2D eigenvalue weighted by Gasteiger charge is -2.29. The minimum atomic E-state index is 0.0508. The van der Waals surface area contributed by atoms with E-state index in [1.54, 1.807) is 11.3 Å². The first-order chi connectivity index (χ1) is 12.5. The Hall–Kier alpha value is -2.24. The molecule has 0 saturated heterocycles. The molecular formula is C21H25N3OS. The van der Waals surface area contributed by atoms with E-state index in [0.29, 0.717) is 6.54 Å². The smallest absolute Gasteiger partial charge is 0.237 e. The van der Waals surface area contributed by atoms with Crippen LogP contribution in [0.25, 0.3) is 10.2 Å². The molecule has 0 saturated carbocycles. The number of nitrogens with zero attached hydrogens (tertiary/aromatic N) is 3. The van der Waals surface area contributed by atoms with Gasteiger partial charge in [-0.2, -0.15) is 0 Å². The van der Waals surface area contributed by atoms with Crippen LogP contribution in [-0.2, 0) is 4.79 Å². The standard InChI is InChI=1S/C21H25N3OS/c1-15(17-10-6-5-7-11-17)24(4)20(25)14-23(3)16(2)21-22-18-12-8-9-13-19(18)26-21/h5-13,15-16H,14H2,1-4H3/t15-,16+/m1/s1. The van der Waals surface area contributed by atoms with Gasteiger partial charge in [0.05, 0.1) is 28.8 Å². The van der Waals surface area contributed by atoms with Gasteiger partial charge in [0.1, 0.15) is 5.01 Å². The minimum absolute atomic E-state index is 0.0508. The van der Waals surface area contributed by atoms with Crippen LogP contribution in [0.2, 0.25) is 0 Å². The van der Waals surface area contributed by atoms with Crippen LogP contribution >= 0.6 is 11.3 Å².